The van der Waals surface area contributed by atoms with E-state index in [0.717, 1.165) is 15.9 Å². The van der Waals surface area contributed by atoms with Crippen LogP contribution in [-0.2, 0) is 0 Å². The monoisotopic (exact) mass is 212 g/mol. The van der Waals surface area contributed by atoms with Crippen molar-refractivity contribution >= 4 is 21.6 Å². The van der Waals surface area contributed by atoms with E-state index >= 15 is 0 Å². The molecule has 0 unspecified atom stereocenters. The van der Waals surface area contributed by atoms with Crippen molar-refractivity contribution in [2.24, 2.45) is 0 Å². The van der Waals surface area contributed by atoms with Gasteiger partial charge in [0.25, 0.3) is 0 Å². The third kappa shape index (κ3) is 1.01. The Morgan fingerprint density at radius 3 is 3.18 bits per heavy atom. The summed E-state index contributed by atoms with van der Waals surface area (Å²) < 4.78 is 2.46. The van der Waals surface area contributed by atoms with Crippen LogP contribution in [0.25, 0.3) is 5.65 Å². The van der Waals surface area contributed by atoms with Gasteiger partial charge in [-0.3, -0.25) is 0 Å². The van der Waals surface area contributed by atoms with Crippen molar-refractivity contribution in [3.63, 3.8) is 0 Å². The minimum atomic E-state index is 0.771. The first-order chi connectivity index (χ1) is 5.27. The van der Waals surface area contributed by atoms with E-state index in [-0.39, 0.29) is 0 Å². The Hall–Kier alpha value is -0.970. The van der Waals surface area contributed by atoms with Crippen LogP contribution in [-0.4, -0.2) is 19.6 Å². The Labute approximate surface area is 71.4 Å². The van der Waals surface area contributed by atoms with Crippen molar-refractivity contribution in [3.8, 4) is 0 Å². The Balaban J connectivity index is 2.91. The molecule has 0 aliphatic rings. The summed E-state index contributed by atoms with van der Waals surface area (Å²) in [5.74, 6) is 0. The molecule has 0 aromatic carbocycles. The van der Waals surface area contributed by atoms with Crippen molar-refractivity contribution in [1.29, 1.82) is 0 Å². The summed E-state index contributed by atoms with van der Waals surface area (Å²) in [5, 5.41) is 3.98. The summed E-state index contributed by atoms with van der Waals surface area (Å²) in [6.45, 7) is 1.90. The number of hydrogen-bond acceptors (Lipinski definition) is 3. The summed E-state index contributed by atoms with van der Waals surface area (Å²) in [7, 11) is 0. The van der Waals surface area contributed by atoms with E-state index in [0.29, 0.717) is 0 Å². The van der Waals surface area contributed by atoms with Gasteiger partial charge in [-0.2, -0.15) is 5.10 Å². The van der Waals surface area contributed by atoms with Gasteiger partial charge >= 0.3 is 0 Å². The summed E-state index contributed by atoms with van der Waals surface area (Å²) in [5.41, 5.74) is 1.67. The highest BCUT2D eigenvalue weighted by Crippen LogP contribution is 2.09. The molecule has 0 radical (unpaired) electrons. The van der Waals surface area contributed by atoms with Crippen LogP contribution in [0.2, 0.25) is 0 Å². The van der Waals surface area contributed by atoms with Crippen LogP contribution >= 0.6 is 15.9 Å². The second-order valence-electron chi connectivity index (χ2n) is 2.18. The molecule has 0 N–H and O–H groups in total. The maximum Gasteiger partial charge on any atom is 0.176 e. The van der Waals surface area contributed by atoms with Gasteiger partial charge in [-0.1, -0.05) is 0 Å². The second kappa shape index (κ2) is 2.27. The van der Waals surface area contributed by atoms with Gasteiger partial charge in [-0.25, -0.2) is 14.5 Å². The molecule has 2 aromatic rings. The van der Waals surface area contributed by atoms with Gasteiger partial charge in [0.15, 0.2) is 5.65 Å². The standard InChI is InChI=1S/C6H5BrN4/c1-4-6-8-3-9-11(6)2-5(7)10-4/h2-3H,1H3. The Bertz CT molecular complexity index is 394. The SMILES string of the molecule is Cc1nc(Br)cn2ncnc12. The first kappa shape index (κ1) is 6.72. The van der Waals surface area contributed by atoms with Gasteiger partial charge in [0, 0.05) is 0 Å². The maximum atomic E-state index is 4.17. The first-order valence-corrected chi connectivity index (χ1v) is 3.89. The van der Waals surface area contributed by atoms with Gasteiger partial charge in [0.2, 0.25) is 0 Å². The fraction of sp³-hybridized carbons (Fsp3) is 0.167. The van der Waals surface area contributed by atoms with E-state index in [2.05, 4.69) is 31.0 Å². The highest BCUT2D eigenvalue weighted by atomic mass is 79.9. The summed E-state index contributed by atoms with van der Waals surface area (Å²) in [4.78, 5) is 8.20. The van der Waals surface area contributed by atoms with Gasteiger partial charge in [-0.05, 0) is 22.9 Å². The predicted octanol–water partition coefficient (Wildman–Crippen LogP) is 1.20. The minimum Gasteiger partial charge on any atom is -0.241 e. The van der Waals surface area contributed by atoms with E-state index in [1.807, 2.05) is 6.92 Å². The van der Waals surface area contributed by atoms with Crippen LogP contribution in [0, 0.1) is 6.92 Å². The van der Waals surface area contributed by atoms with Crippen LogP contribution in [0.15, 0.2) is 17.1 Å². The predicted molar refractivity (Wildman–Crippen MR) is 43.2 cm³/mol. The Morgan fingerprint density at radius 1 is 1.55 bits per heavy atom. The van der Waals surface area contributed by atoms with E-state index < -0.39 is 0 Å². The number of fused-ring (bicyclic) bond motifs is 1. The zero-order chi connectivity index (χ0) is 7.84. The van der Waals surface area contributed by atoms with E-state index in [4.69, 9.17) is 0 Å². The second-order valence-corrected chi connectivity index (χ2v) is 2.99. The lowest BCUT2D eigenvalue weighted by Gasteiger charge is -1.95. The normalized spacial score (nSPS) is 10.7. The lowest BCUT2D eigenvalue weighted by atomic mass is 10.5. The van der Waals surface area contributed by atoms with Crippen LogP contribution < -0.4 is 0 Å². The first-order valence-electron chi connectivity index (χ1n) is 3.10. The summed E-state index contributed by atoms with van der Waals surface area (Å²) >= 11 is 3.27. The minimum absolute atomic E-state index is 0.771. The van der Waals surface area contributed by atoms with E-state index in [1.54, 1.807) is 10.7 Å². The molecule has 2 heterocycles. The van der Waals surface area contributed by atoms with Crippen LogP contribution in [0.1, 0.15) is 5.69 Å². The Kier molecular flexibility index (Phi) is 1.38. The molecule has 5 heteroatoms. The molecule has 11 heavy (non-hydrogen) atoms. The molecule has 2 rings (SSSR count). The molecule has 0 aliphatic carbocycles. The number of aryl methyl sites for hydroxylation is 1. The Morgan fingerprint density at radius 2 is 2.36 bits per heavy atom. The third-order valence-corrected chi connectivity index (χ3v) is 1.78. The van der Waals surface area contributed by atoms with Crippen molar-refractivity contribution < 1.29 is 0 Å². The fourth-order valence-corrected chi connectivity index (χ4v) is 1.40. The zero-order valence-corrected chi connectivity index (χ0v) is 7.41. The van der Waals surface area contributed by atoms with Crippen molar-refractivity contribution in [3.05, 3.63) is 22.8 Å². The average molecular weight is 213 g/mol. The molecular weight excluding hydrogens is 208 g/mol. The molecule has 0 aliphatic heterocycles. The largest absolute Gasteiger partial charge is 0.241 e. The smallest absolute Gasteiger partial charge is 0.176 e. The van der Waals surface area contributed by atoms with Crippen molar-refractivity contribution in [2.45, 2.75) is 6.92 Å². The van der Waals surface area contributed by atoms with Crippen LogP contribution in [0.4, 0.5) is 0 Å². The summed E-state index contributed by atoms with van der Waals surface area (Å²) in [6, 6.07) is 0. The number of halogens is 1. The average Bonchev–Trinajstić information content (AvgIpc) is 2.34. The van der Waals surface area contributed by atoms with Gasteiger partial charge in [-0.15, -0.1) is 0 Å². The number of hydrogen-bond donors (Lipinski definition) is 0. The highest BCUT2D eigenvalue weighted by molar-refractivity contribution is 9.10. The fourth-order valence-electron chi connectivity index (χ4n) is 0.944. The van der Waals surface area contributed by atoms with Gasteiger partial charge < -0.3 is 0 Å². The lowest BCUT2D eigenvalue weighted by Crippen LogP contribution is -1.93. The van der Waals surface area contributed by atoms with Gasteiger partial charge in [0.1, 0.15) is 10.9 Å². The molecule has 0 saturated carbocycles. The molecule has 2 aromatic heterocycles. The molecule has 0 atom stereocenters. The molecule has 0 spiro atoms. The molecule has 0 fully saturated rings. The molecule has 4 nitrogen and oxygen atoms in total. The lowest BCUT2D eigenvalue weighted by molar-refractivity contribution is 0.923. The maximum absolute atomic E-state index is 4.17. The molecule has 0 amide bonds. The van der Waals surface area contributed by atoms with Crippen LogP contribution in [0.3, 0.4) is 0 Å². The number of rotatable bonds is 0. The number of aromatic nitrogens is 4. The summed E-state index contributed by atoms with van der Waals surface area (Å²) in [6.07, 6.45) is 3.28. The molecule has 56 valence electrons. The van der Waals surface area contributed by atoms with E-state index in [9.17, 15) is 0 Å². The number of nitrogens with zero attached hydrogens (tertiary/aromatic N) is 4. The molecule has 0 saturated heterocycles. The van der Waals surface area contributed by atoms with E-state index in [1.165, 1.54) is 6.33 Å². The van der Waals surface area contributed by atoms with Crippen molar-refractivity contribution in [2.75, 3.05) is 0 Å². The molecule has 0 bridgehead atoms. The third-order valence-electron chi connectivity index (χ3n) is 1.40. The van der Waals surface area contributed by atoms with Gasteiger partial charge in [0.05, 0.1) is 11.9 Å². The molecular formula is C6H5BrN4. The zero-order valence-electron chi connectivity index (χ0n) is 5.82. The topological polar surface area (TPSA) is 43.1 Å². The quantitative estimate of drug-likeness (QED) is 0.660. The van der Waals surface area contributed by atoms with Crippen molar-refractivity contribution in [1.82, 2.24) is 19.6 Å². The highest BCUT2D eigenvalue weighted by Gasteiger charge is 2.00. The van der Waals surface area contributed by atoms with Crippen LogP contribution in [0.5, 0.6) is 0 Å².